The number of para-hydroxylation sites is 1. The van der Waals surface area contributed by atoms with Crippen molar-refractivity contribution >= 4 is 40.3 Å². The van der Waals surface area contributed by atoms with Crippen LogP contribution in [0.3, 0.4) is 0 Å². The number of carbonyl (C=O) groups is 1. The molecule has 0 bridgehead atoms. The van der Waals surface area contributed by atoms with Gasteiger partial charge in [-0.15, -0.1) is 0 Å². The van der Waals surface area contributed by atoms with Gasteiger partial charge in [-0.3, -0.25) is 9.69 Å². The molecule has 0 atom stereocenters. The SMILES string of the molecule is CN(C)c1ccc(/C=C2\S/C(=N\c3ccccc3)N(C3CCCCC3)C2=O)cc1. The van der Waals surface area contributed by atoms with Crippen LogP contribution in [0, 0.1) is 0 Å². The van der Waals surface area contributed by atoms with Crippen molar-refractivity contribution in [2.45, 2.75) is 38.1 Å². The number of rotatable bonds is 4. The Morgan fingerprint density at radius 3 is 2.34 bits per heavy atom. The minimum Gasteiger partial charge on any atom is -0.378 e. The number of benzene rings is 2. The number of nitrogens with zero attached hydrogens (tertiary/aromatic N) is 3. The maximum absolute atomic E-state index is 13.3. The van der Waals surface area contributed by atoms with Crippen LogP contribution in [0.15, 0.2) is 64.5 Å². The number of hydrogen-bond acceptors (Lipinski definition) is 4. The van der Waals surface area contributed by atoms with Crippen LogP contribution in [0.5, 0.6) is 0 Å². The fourth-order valence-electron chi connectivity index (χ4n) is 3.86. The first-order chi connectivity index (χ1) is 14.1. The zero-order valence-electron chi connectivity index (χ0n) is 17.0. The van der Waals surface area contributed by atoms with Gasteiger partial charge >= 0.3 is 0 Å². The highest BCUT2D eigenvalue weighted by atomic mass is 32.2. The first kappa shape index (κ1) is 19.8. The van der Waals surface area contributed by atoms with E-state index >= 15 is 0 Å². The van der Waals surface area contributed by atoms with Crippen LogP contribution in [0.1, 0.15) is 37.7 Å². The van der Waals surface area contributed by atoms with Gasteiger partial charge in [-0.05, 0) is 60.5 Å². The van der Waals surface area contributed by atoms with Crippen molar-refractivity contribution in [3.63, 3.8) is 0 Å². The highest BCUT2D eigenvalue weighted by Gasteiger charge is 2.38. The average Bonchev–Trinajstić information content (AvgIpc) is 3.04. The lowest BCUT2D eigenvalue weighted by molar-refractivity contribution is -0.124. The maximum Gasteiger partial charge on any atom is 0.267 e. The molecule has 1 amide bonds. The van der Waals surface area contributed by atoms with Gasteiger partial charge < -0.3 is 4.90 Å². The molecule has 0 unspecified atom stereocenters. The molecule has 4 nitrogen and oxygen atoms in total. The Morgan fingerprint density at radius 1 is 1.00 bits per heavy atom. The smallest absolute Gasteiger partial charge is 0.267 e. The summed E-state index contributed by atoms with van der Waals surface area (Å²) in [6.45, 7) is 0. The Kier molecular flexibility index (Phi) is 6.05. The molecule has 2 aromatic rings. The zero-order chi connectivity index (χ0) is 20.2. The van der Waals surface area contributed by atoms with Crippen molar-refractivity contribution in [1.82, 2.24) is 4.90 Å². The predicted molar refractivity (Wildman–Crippen MR) is 124 cm³/mol. The normalized spacial score (nSPS) is 20.6. The molecule has 2 aliphatic rings. The molecule has 0 N–H and O–H groups in total. The Hall–Kier alpha value is -2.53. The highest BCUT2D eigenvalue weighted by Crippen LogP contribution is 2.38. The lowest BCUT2D eigenvalue weighted by atomic mass is 9.94. The lowest BCUT2D eigenvalue weighted by Crippen LogP contribution is -2.40. The van der Waals surface area contributed by atoms with Crippen LogP contribution in [-0.2, 0) is 4.79 Å². The second kappa shape index (κ2) is 8.87. The van der Waals surface area contributed by atoms with Crippen LogP contribution in [-0.4, -0.2) is 36.1 Å². The van der Waals surface area contributed by atoms with Crippen LogP contribution < -0.4 is 4.90 Å². The Balaban J connectivity index is 1.65. The summed E-state index contributed by atoms with van der Waals surface area (Å²) >= 11 is 1.50. The average molecular weight is 406 g/mol. The van der Waals surface area contributed by atoms with E-state index in [1.54, 1.807) is 0 Å². The summed E-state index contributed by atoms with van der Waals surface area (Å²) in [5.74, 6) is 0.0910. The van der Waals surface area contributed by atoms with Gasteiger partial charge in [0.05, 0.1) is 10.6 Å². The molecule has 1 aliphatic heterocycles. The first-order valence-electron chi connectivity index (χ1n) is 10.3. The van der Waals surface area contributed by atoms with Crippen LogP contribution in [0.25, 0.3) is 6.08 Å². The molecule has 4 rings (SSSR count). The number of carbonyl (C=O) groups excluding carboxylic acids is 1. The maximum atomic E-state index is 13.3. The van der Waals surface area contributed by atoms with Crippen molar-refractivity contribution in [2.75, 3.05) is 19.0 Å². The van der Waals surface area contributed by atoms with Gasteiger partial charge in [0, 0.05) is 25.8 Å². The fraction of sp³-hybridized carbons (Fsp3) is 0.333. The Labute approximate surface area is 177 Å². The van der Waals surface area contributed by atoms with Crippen molar-refractivity contribution in [3.8, 4) is 0 Å². The summed E-state index contributed by atoms with van der Waals surface area (Å²) in [5.41, 5.74) is 3.07. The van der Waals surface area contributed by atoms with Gasteiger partial charge in [0.25, 0.3) is 5.91 Å². The van der Waals surface area contributed by atoms with Crippen molar-refractivity contribution in [1.29, 1.82) is 0 Å². The summed E-state index contributed by atoms with van der Waals surface area (Å²) in [5, 5.41) is 0.810. The third-order valence-electron chi connectivity index (χ3n) is 5.46. The van der Waals surface area contributed by atoms with E-state index in [4.69, 9.17) is 4.99 Å². The molecule has 0 aromatic heterocycles. The molecule has 150 valence electrons. The van der Waals surface area contributed by atoms with Gasteiger partial charge in [-0.1, -0.05) is 49.6 Å². The number of amides is 1. The van der Waals surface area contributed by atoms with Gasteiger partial charge in [-0.25, -0.2) is 4.99 Å². The van der Waals surface area contributed by atoms with Crippen LogP contribution in [0.4, 0.5) is 11.4 Å². The molecule has 2 aromatic carbocycles. The molecule has 1 saturated carbocycles. The summed E-state index contributed by atoms with van der Waals surface area (Å²) in [4.78, 5) is 22.9. The van der Waals surface area contributed by atoms with Crippen LogP contribution in [0.2, 0.25) is 0 Å². The second-order valence-corrected chi connectivity index (χ2v) is 8.80. The summed E-state index contributed by atoms with van der Waals surface area (Å²) in [7, 11) is 4.05. The fourth-order valence-corrected chi connectivity index (χ4v) is 4.92. The van der Waals surface area contributed by atoms with E-state index in [-0.39, 0.29) is 11.9 Å². The molecule has 0 radical (unpaired) electrons. The summed E-state index contributed by atoms with van der Waals surface area (Å²) in [6.07, 6.45) is 7.74. The van der Waals surface area contributed by atoms with E-state index in [9.17, 15) is 4.79 Å². The highest BCUT2D eigenvalue weighted by molar-refractivity contribution is 8.18. The van der Waals surface area contributed by atoms with E-state index in [1.807, 2.05) is 55.4 Å². The molecule has 1 saturated heterocycles. The van der Waals surface area contributed by atoms with Crippen molar-refractivity contribution in [2.24, 2.45) is 4.99 Å². The van der Waals surface area contributed by atoms with E-state index < -0.39 is 0 Å². The largest absolute Gasteiger partial charge is 0.378 e. The molecular formula is C24H27N3OS. The molecule has 1 aliphatic carbocycles. The topological polar surface area (TPSA) is 35.9 Å². The van der Waals surface area contributed by atoms with Crippen LogP contribution >= 0.6 is 11.8 Å². The molecule has 29 heavy (non-hydrogen) atoms. The second-order valence-electron chi connectivity index (χ2n) is 7.79. The standard InChI is InChI=1S/C24H27N3OS/c1-26(2)20-15-13-18(14-16-20)17-22-23(28)27(21-11-7-4-8-12-21)24(29-22)25-19-9-5-3-6-10-19/h3,5-6,9-10,13-17,21H,4,7-8,11-12H2,1-2H3/b22-17-,25-24-. The zero-order valence-corrected chi connectivity index (χ0v) is 17.9. The molecule has 5 heteroatoms. The van der Waals surface area contributed by atoms with E-state index in [0.717, 1.165) is 39.9 Å². The van der Waals surface area contributed by atoms with E-state index in [2.05, 4.69) is 29.2 Å². The molecular weight excluding hydrogens is 378 g/mol. The number of thioether (sulfide) groups is 1. The first-order valence-corrected chi connectivity index (χ1v) is 11.1. The predicted octanol–water partition coefficient (Wildman–Crippen LogP) is 5.69. The lowest BCUT2D eigenvalue weighted by Gasteiger charge is -2.30. The van der Waals surface area contributed by atoms with E-state index in [0.29, 0.717) is 0 Å². The van der Waals surface area contributed by atoms with Crippen molar-refractivity contribution in [3.05, 3.63) is 65.1 Å². The van der Waals surface area contributed by atoms with Crippen molar-refractivity contribution < 1.29 is 4.79 Å². The third kappa shape index (κ3) is 4.56. The van der Waals surface area contributed by atoms with Gasteiger partial charge in [0.2, 0.25) is 0 Å². The van der Waals surface area contributed by atoms with Gasteiger partial charge in [0.1, 0.15) is 0 Å². The molecule has 0 spiro atoms. The quantitative estimate of drug-likeness (QED) is 0.613. The Morgan fingerprint density at radius 2 is 1.69 bits per heavy atom. The number of aliphatic imine (C=N–C) groups is 1. The van der Waals surface area contributed by atoms with E-state index in [1.165, 1.54) is 31.0 Å². The Bertz CT molecular complexity index is 913. The summed E-state index contributed by atoms with van der Waals surface area (Å²) in [6, 6.07) is 18.5. The number of amidine groups is 1. The summed E-state index contributed by atoms with van der Waals surface area (Å²) < 4.78 is 0. The monoisotopic (exact) mass is 405 g/mol. The van der Waals surface area contributed by atoms with Gasteiger partial charge in [0.15, 0.2) is 5.17 Å². The molecule has 2 fully saturated rings. The number of hydrogen-bond donors (Lipinski definition) is 0. The minimum atomic E-state index is 0.0910. The minimum absolute atomic E-state index is 0.0910. The third-order valence-corrected chi connectivity index (χ3v) is 6.45. The van der Waals surface area contributed by atoms with Gasteiger partial charge in [-0.2, -0.15) is 0 Å². The number of anilines is 1. The molecule has 1 heterocycles.